The average Bonchev–Trinajstić information content (AvgIpc) is 2.92. The molecule has 13 heteroatoms. The molecule has 0 saturated carbocycles. The van der Waals surface area contributed by atoms with Gasteiger partial charge in [0.2, 0.25) is 11.7 Å². The van der Waals surface area contributed by atoms with Gasteiger partial charge in [0.15, 0.2) is 11.5 Å². The quantitative estimate of drug-likeness (QED) is 0.292. The molecule has 3 aromatic rings. The van der Waals surface area contributed by atoms with Crippen LogP contribution in [0.3, 0.4) is 0 Å². The lowest BCUT2D eigenvalue weighted by atomic mass is 9.96. The number of carbonyl (C=O) groups is 2. The standard InChI is InChI=1S/C26H22ClN5O6S/c1-36-19-9-14(10-20(37-2)23(19)38-3)22-15(11-28)24(30)32-25(16(22)12-29)39-7-6-21(33)31-18-8-13(26(34)35)4-5-17(18)27/h4-5,8-10H,6-7H2,1-3H3,(H2,30,32)(H,31,33)(H,34,35). The summed E-state index contributed by atoms with van der Waals surface area (Å²) in [5.41, 5.74) is 6.95. The number of thioether (sulfide) groups is 1. The highest BCUT2D eigenvalue weighted by atomic mass is 35.5. The molecule has 4 N–H and O–H groups in total. The third-order valence-corrected chi connectivity index (χ3v) is 6.73. The summed E-state index contributed by atoms with van der Waals surface area (Å²) in [5.74, 6) is -0.546. The minimum Gasteiger partial charge on any atom is -0.493 e. The van der Waals surface area contributed by atoms with Crippen molar-refractivity contribution in [2.45, 2.75) is 11.4 Å². The minimum absolute atomic E-state index is 0.00382. The molecule has 0 fully saturated rings. The van der Waals surface area contributed by atoms with Crippen molar-refractivity contribution in [3.8, 4) is 40.5 Å². The van der Waals surface area contributed by atoms with Gasteiger partial charge in [-0.15, -0.1) is 11.8 Å². The van der Waals surface area contributed by atoms with E-state index in [1.54, 1.807) is 12.1 Å². The number of carbonyl (C=O) groups excluding carboxylic acids is 1. The second kappa shape index (κ2) is 12.7. The number of carboxylic acids is 1. The number of ether oxygens (including phenoxy) is 3. The molecule has 1 aromatic heterocycles. The number of nitrogen functional groups attached to an aromatic ring is 1. The van der Waals surface area contributed by atoms with Crippen molar-refractivity contribution in [1.82, 2.24) is 4.98 Å². The van der Waals surface area contributed by atoms with Crippen LogP contribution in [0, 0.1) is 22.7 Å². The second-order valence-corrected chi connectivity index (χ2v) is 9.20. The first-order chi connectivity index (χ1) is 18.7. The maximum atomic E-state index is 12.5. The average molecular weight is 568 g/mol. The van der Waals surface area contributed by atoms with E-state index in [4.69, 9.17) is 36.7 Å². The number of aromatic carboxylic acids is 1. The van der Waals surface area contributed by atoms with Gasteiger partial charge in [0.05, 0.1) is 43.2 Å². The Morgan fingerprint density at radius 2 is 1.72 bits per heavy atom. The molecule has 2 aromatic carbocycles. The zero-order valence-electron chi connectivity index (χ0n) is 21.0. The Morgan fingerprint density at radius 1 is 1.08 bits per heavy atom. The molecule has 0 aliphatic rings. The zero-order valence-corrected chi connectivity index (χ0v) is 22.6. The van der Waals surface area contributed by atoms with Crippen LogP contribution in [0.5, 0.6) is 17.2 Å². The monoisotopic (exact) mass is 567 g/mol. The smallest absolute Gasteiger partial charge is 0.335 e. The molecular formula is C26H22ClN5O6S. The Hall–Kier alpha value is -4.65. The first kappa shape index (κ1) is 28.9. The lowest BCUT2D eigenvalue weighted by Gasteiger charge is -2.17. The molecule has 1 amide bonds. The van der Waals surface area contributed by atoms with Gasteiger partial charge in [0.1, 0.15) is 28.5 Å². The molecule has 0 saturated heterocycles. The Balaban J connectivity index is 1.92. The number of benzene rings is 2. The van der Waals surface area contributed by atoms with E-state index < -0.39 is 11.9 Å². The van der Waals surface area contributed by atoms with E-state index in [1.165, 1.54) is 39.5 Å². The highest BCUT2D eigenvalue weighted by Crippen LogP contribution is 2.44. The van der Waals surface area contributed by atoms with Gasteiger partial charge < -0.3 is 30.4 Å². The number of nitriles is 2. The molecule has 0 atom stereocenters. The number of hydrogen-bond acceptors (Lipinski definition) is 10. The molecule has 3 rings (SSSR count). The number of nitrogens with zero attached hydrogens (tertiary/aromatic N) is 3. The van der Waals surface area contributed by atoms with Gasteiger partial charge in [-0.3, -0.25) is 4.79 Å². The van der Waals surface area contributed by atoms with E-state index in [0.29, 0.717) is 22.8 Å². The van der Waals surface area contributed by atoms with Crippen LogP contribution in [0.2, 0.25) is 5.02 Å². The van der Waals surface area contributed by atoms with E-state index in [0.717, 1.165) is 11.8 Å². The van der Waals surface area contributed by atoms with Crippen molar-refractivity contribution < 1.29 is 28.9 Å². The molecule has 0 radical (unpaired) electrons. The van der Waals surface area contributed by atoms with Crippen molar-refractivity contribution in [1.29, 1.82) is 10.5 Å². The number of amides is 1. The number of aromatic nitrogens is 1. The molecule has 200 valence electrons. The van der Waals surface area contributed by atoms with Gasteiger partial charge in [0, 0.05) is 17.7 Å². The summed E-state index contributed by atoms with van der Waals surface area (Å²) in [5, 5.41) is 32.0. The number of anilines is 2. The fourth-order valence-corrected chi connectivity index (χ4v) is 4.72. The Bertz CT molecular complexity index is 1510. The van der Waals surface area contributed by atoms with Crippen molar-refractivity contribution in [3.05, 3.63) is 52.0 Å². The number of nitrogens with two attached hydrogens (primary N) is 1. The van der Waals surface area contributed by atoms with Crippen LogP contribution >= 0.6 is 23.4 Å². The van der Waals surface area contributed by atoms with E-state index in [-0.39, 0.29) is 56.0 Å². The van der Waals surface area contributed by atoms with Gasteiger partial charge in [-0.1, -0.05) is 11.6 Å². The predicted octanol–water partition coefficient (Wildman–Crippen LogP) is 4.57. The van der Waals surface area contributed by atoms with Crippen LogP contribution in [0.15, 0.2) is 35.4 Å². The molecule has 0 unspecified atom stereocenters. The van der Waals surface area contributed by atoms with Gasteiger partial charge in [0.25, 0.3) is 0 Å². The summed E-state index contributed by atoms with van der Waals surface area (Å²) in [4.78, 5) is 28.0. The van der Waals surface area contributed by atoms with Crippen molar-refractivity contribution in [2.75, 3.05) is 38.1 Å². The highest BCUT2D eigenvalue weighted by molar-refractivity contribution is 7.99. The fourth-order valence-electron chi connectivity index (χ4n) is 3.62. The SMILES string of the molecule is COc1cc(-c2c(C#N)c(N)nc(SCCC(=O)Nc3cc(C(=O)O)ccc3Cl)c2C#N)cc(OC)c1OC. The van der Waals surface area contributed by atoms with Crippen molar-refractivity contribution in [3.63, 3.8) is 0 Å². The second-order valence-electron chi connectivity index (χ2n) is 7.71. The number of carboxylic acid groups (broad SMARTS) is 1. The predicted molar refractivity (Wildman–Crippen MR) is 146 cm³/mol. The topological polar surface area (TPSA) is 181 Å². The normalized spacial score (nSPS) is 10.2. The Kier molecular flexibility index (Phi) is 9.44. The molecule has 0 aliphatic carbocycles. The van der Waals surface area contributed by atoms with Crippen LogP contribution in [0.1, 0.15) is 27.9 Å². The van der Waals surface area contributed by atoms with Crippen LogP contribution in [0.4, 0.5) is 11.5 Å². The first-order valence-electron chi connectivity index (χ1n) is 11.1. The molecule has 11 nitrogen and oxygen atoms in total. The molecule has 39 heavy (non-hydrogen) atoms. The Morgan fingerprint density at radius 3 is 2.26 bits per heavy atom. The first-order valence-corrected chi connectivity index (χ1v) is 12.4. The van der Waals surface area contributed by atoms with Crippen LogP contribution in [-0.2, 0) is 4.79 Å². The summed E-state index contributed by atoms with van der Waals surface area (Å²) in [6.07, 6.45) is -0.0235. The number of pyridine rings is 1. The summed E-state index contributed by atoms with van der Waals surface area (Å²) in [6, 6.07) is 11.2. The zero-order chi connectivity index (χ0) is 28.7. The summed E-state index contributed by atoms with van der Waals surface area (Å²) < 4.78 is 16.2. The number of hydrogen-bond donors (Lipinski definition) is 3. The van der Waals surface area contributed by atoms with Crippen molar-refractivity contribution >= 4 is 46.7 Å². The number of rotatable bonds is 10. The largest absolute Gasteiger partial charge is 0.493 e. The third kappa shape index (κ3) is 6.26. The van der Waals surface area contributed by atoms with Crippen molar-refractivity contribution in [2.24, 2.45) is 0 Å². The number of halogens is 1. The van der Waals surface area contributed by atoms with E-state index >= 15 is 0 Å². The molecular weight excluding hydrogens is 546 g/mol. The van der Waals surface area contributed by atoms with Gasteiger partial charge in [-0.2, -0.15) is 10.5 Å². The summed E-state index contributed by atoms with van der Waals surface area (Å²) in [6.45, 7) is 0. The highest BCUT2D eigenvalue weighted by Gasteiger charge is 2.24. The maximum absolute atomic E-state index is 12.5. The Labute approximate surface area is 233 Å². The number of methoxy groups -OCH3 is 3. The van der Waals surface area contributed by atoms with E-state index in [2.05, 4.69) is 16.4 Å². The van der Waals surface area contributed by atoms with Crippen LogP contribution in [0.25, 0.3) is 11.1 Å². The lowest BCUT2D eigenvalue weighted by molar-refractivity contribution is -0.115. The van der Waals surface area contributed by atoms with E-state index in [1.807, 2.05) is 6.07 Å². The van der Waals surface area contributed by atoms with Crippen LogP contribution in [-0.4, -0.2) is 49.0 Å². The number of nitrogens with one attached hydrogen (secondary N) is 1. The summed E-state index contributed by atoms with van der Waals surface area (Å²) in [7, 11) is 4.33. The molecule has 1 heterocycles. The molecule has 0 aliphatic heterocycles. The lowest BCUT2D eigenvalue weighted by Crippen LogP contribution is -2.13. The van der Waals surface area contributed by atoms with Crippen LogP contribution < -0.4 is 25.3 Å². The van der Waals surface area contributed by atoms with Gasteiger partial charge in [-0.25, -0.2) is 9.78 Å². The van der Waals surface area contributed by atoms with Gasteiger partial charge in [-0.05, 0) is 35.9 Å². The molecule has 0 spiro atoms. The van der Waals surface area contributed by atoms with Gasteiger partial charge >= 0.3 is 5.97 Å². The molecule has 0 bridgehead atoms. The minimum atomic E-state index is -1.16. The summed E-state index contributed by atoms with van der Waals surface area (Å²) >= 11 is 7.17. The van der Waals surface area contributed by atoms with E-state index in [9.17, 15) is 20.1 Å². The maximum Gasteiger partial charge on any atom is 0.335 e. The third-order valence-electron chi connectivity index (χ3n) is 5.42. The fraction of sp³-hybridized carbons (Fsp3) is 0.192.